The fourth-order valence-electron chi connectivity index (χ4n) is 5.00. The summed E-state index contributed by atoms with van der Waals surface area (Å²) in [6.45, 7) is 9.89. The second-order valence-corrected chi connectivity index (χ2v) is 13.6. The van der Waals surface area contributed by atoms with Gasteiger partial charge in [0.05, 0.1) is 24.2 Å². The summed E-state index contributed by atoms with van der Waals surface area (Å²) in [6, 6.07) is 11.1. The first-order valence-corrected chi connectivity index (χ1v) is 14.9. The van der Waals surface area contributed by atoms with E-state index in [0.29, 0.717) is 23.1 Å². The molecule has 0 fully saturated rings. The lowest BCUT2D eigenvalue weighted by atomic mass is 10.0. The average molecular weight is 508 g/mol. The second-order valence-electron chi connectivity index (χ2n) is 10.1. The van der Waals surface area contributed by atoms with Crippen molar-refractivity contribution in [1.29, 1.82) is 0 Å². The Kier molecular flexibility index (Phi) is 6.13. The van der Waals surface area contributed by atoms with Crippen LogP contribution in [0, 0.1) is 19.7 Å². The quantitative estimate of drug-likeness (QED) is 0.390. The van der Waals surface area contributed by atoms with Crippen molar-refractivity contribution in [3.63, 3.8) is 0 Å². The summed E-state index contributed by atoms with van der Waals surface area (Å²) < 4.78 is 31.6. The zero-order valence-electron chi connectivity index (χ0n) is 21.2. The minimum Gasteiger partial charge on any atom is -0.324 e. The highest BCUT2D eigenvalue weighted by Gasteiger charge is 2.29. The van der Waals surface area contributed by atoms with Crippen molar-refractivity contribution >= 4 is 7.14 Å². The average Bonchev–Trinajstić information content (AvgIpc) is 3.38. The van der Waals surface area contributed by atoms with Crippen molar-refractivity contribution in [2.75, 3.05) is 19.9 Å². The molecule has 0 spiro atoms. The number of benzene rings is 2. The Morgan fingerprint density at radius 3 is 2.33 bits per heavy atom. The Labute approximate surface area is 210 Å². The van der Waals surface area contributed by atoms with E-state index in [0.717, 1.165) is 41.2 Å². The van der Waals surface area contributed by atoms with E-state index in [1.54, 1.807) is 65.5 Å². The first-order valence-electron chi connectivity index (χ1n) is 12.1. The first kappa shape index (κ1) is 24.5. The van der Waals surface area contributed by atoms with Gasteiger partial charge in [0, 0.05) is 43.1 Å². The van der Waals surface area contributed by atoms with Crippen LogP contribution in [0.25, 0.3) is 17.2 Å². The highest BCUT2D eigenvalue weighted by molar-refractivity contribution is 7.61. The second kappa shape index (κ2) is 9.02. The maximum absolute atomic E-state index is 14.4. The largest absolute Gasteiger partial charge is 0.338 e. The molecule has 188 valence electrons. The number of fused-ring (bicyclic) bond motifs is 1. The SMILES string of the molecule is Cc1cc(-n2nc3c(c2-n2ccn(-c4ccc(CP(C)(C)=O)cc4)c2=O)[C@H](C)NCC3)cc(C)c1F. The third-order valence-electron chi connectivity index (χ3n) is 6.67. The van der Waals surface area contributed by atoms with Crippen molar-refractivity contribution in [2.45, 2.75) is 39.4 Å². The van der Waals surface area contributed by atoms with Crippen molar-refractivity contribution in [3.8, 4) is 17.2 Å². The number of hydrogen-bond donors (Lipinski definition) is 1. The smallest absolute Gasteiger partial charge is 0.324 e. The number of imidazole rings is 1. The number of nitrogens with one attached hydrogen (secondary N) is 1. The van der Waals surface area contributed by atoms with E-state index in [9.17, 15) is 13.8 Å². The molecule has 4 aromatic rings. The summed E-state index contributed by atoms with van der Waals surface area (Å²) in [5.74, 6) is 0.426. The van der Waals surface area contributed by atoms with Crippen LogP contribution in [0.5, 0.6) is 0 Å². The van der Waals surface area contributed by atoms with Gasteiger partial charge >= 0.3 is 5.69 Å². The normalized spacial score (nSPS) is 15.8. The summed E-state index contributed by atoms with van der Waals surface area (Å²) in [5.41, 5.74) is 5.17. The summed E-state index contributed by atoms with van der Waals surface area (Å²) in [6.07, 6.45) is 4.76. The Balaban J connectivity index is 1.65. The Morgan fingerprint density at radius 2 is 1.69 bits per heavy atom. The van der Waals surface area contributed by atoms with Crippen LogP contribution < -0.4 is 11.0 Å². The molecule has 0 unspecified atom stereocenters. The zero-order valence-corrected chi connectivity index (χ0v) is 22.1. The van der Waals surface area contributed by atoms with Crippen molar-refractivity contribution in [2.24, 2.45) is 0 Å². The molecular weight excluding hydrogens is 476 g/mol. The molecule has 1 N–H and O–H groups in total. The predicted molar refractivity (Wildman–Crippen MR) is 141 cm³/mol. The van der Waals surface area contributed by atoms with Crippen molar-refractivity contribution in [3.05, 3.63) is 93.0 Å². The lowest BCUT2D eigenvalue weighted by Crippen LogP contribution is -2.30. The van der Waals surface area contributed by atoms with E-state index >= 15 is 0 Å². The molecule has 7 nitrogen and oxygen atoms in total. The molecule has 2 aromatic heterocycles. The van der Waals surface area contributed by atoms with Gasteiger partial charge < -0.3 is 9.88 Å². The van der Waals surface area contributed by atoms with E-state index < -0.39 is 7.14 Å². The standard InChI is InChI=1S/C27H31FN5O2P/c1-17-14-22(15-18(2)25(17)28)33-26(24-19(3)29-11-10-23(24)30-33)32-13-12-31(27(32)34)21-8-6-20(7-9-21)16-36(4,5)35/h6-9,12-15,19,29H,10-11,16H2,1-5H3/t19-/m0/s1. The molecule has 36 heavy (non-hydrogen) atoms. The van der Waals surface area contributed by atoms with Gasteiger partial charge in [-0.1, -0.05) is 12.1 Å². The number of halogens is 1. The Hall–Kier alpha value is -3.22. The highest BCUT2D eigenvalue weighted by Crippen LogP contribution is 2.40. The maximum Gasteiger partial charge on any atom is 0.338 e. The molecule has 0 radical (unpaired) electrons. The van der Waals surface area contributed by atoms with Crippen molar-refractivity contribution < 1.29 is 8.96 Å². The summed E-state index contributed by atoms with van der Waals surface area (Å²) in [7, 11) is -2.19. The van der Waals surface area contributed by atoms with Crippen LogP contribution in [0.4, 0.5) is 4.39 Å². The molecule has 0 saturated carbocycles. The van der Waals surface area contributed by atoms with E-state index in [2.05, 4.69) is 12.2 Å². The van der Waals surface area contributed by atoms with Crippen molar-refractivity contribution in [1.82, 2.24) is 24.2 Å². The Morgan fingerprint density at radius 1 is 1.06 bits per heavy atom. The van der Waals surface area contributed by atoms with Crippen LogP contribution >= 0.6 is 7.14 Å². The van der Waals surface area contributed by atoms with E-state index in [4.69, 9.17) is 5.10 Å². The molecule has 9 heteroatoms. The van der Waals surface area contributed by atoms with Gasteiger partial charge in [0.15, 0.2) is 0 Å². The molecule has 0 aliphatic carbocycles. The summed E-state index contributed by atoms with van der Waals surface area (Å²) in [4.78, 5) is 13.7. The molecule has 1 atom stereocenters. The molecule has 0 saturated heterocycles. The zero-order chi connectivity index (χ0) is 25.8. The molecule has 0 bridgehead atoms. The van der Waals surface area contributed by atoms with Crippen LogP contribution in [0.15, 0.2) is 53.6 Å². The van der Waals surface area contributed by atoms with Crippen LogP contribution in [0.2, 0.25) is 0 Å². The van der Waals surface area contributed by atoms with E-state index in [-0.39, 0.29) is 17.5 Å². The molecule has 3 heterocycles. The topological polar surface area (TPSA) is 73.8 Å². The predicted octanol–water partition coefficient (Wildman–Crippen LogP) is 4.90. The van der Waals surface area contributed by atoms with Gasteiger partial charge in [-0.25, -0.2) is 13.9 Å². The molecule has 0 amide bonds. The van der Waals surface area contributed by atoms with Crippen LogP contribution in [-0.4, -0.2) is 38.8 Å². The van der Waals surface area contributed by atoms with Crippen LogP contribution in [0.3, 0.4) is 0 Å². The lowest BCUT2D eigenvalue weighted by Gasteiger charge is -2.21. The molecule has 1 aliphatic rings. The van der Waals surface area contributed by atoms with Crippen LogP contribution in [0.1, 0.15) is 40.9 Å². The number of aromatic nitrogens is 4. The first-order chi connectivity index (χ1) is 17.0. The van der Waals surface area contributed by atoms with E-state index in [1.807, 2.05) is 24.3 Å². The third kappa shape index (κ3) is 4.40. The fourth-order valence-corrected chi connectivity index (χ4v) is 6.09. The maximum atomic E-state index is 14.4. The fraction of sp³-hybridized carbons (Fsp3) is 0.333. The summed E-state index contributed by atoms with van der Waals surface area (Å²) in [5, 5.41) is 8.36. The molecule has 1 aliphatic heterocycles. The Bertz CT molecular complexity index is 1530. The minimum atomic E-state index is -2.19. The van der Waals surface area contributed by atoms with Gasteiger partial charge in [-0.2, -0.15) is 5.10 Å². The van der Waals surface area contributed by atoms with Gasteiger partial charge in [0.2, 0.25) is 0 Å². The van der Waals surface area contributed by atoms with E-state index in [1.165, 1.54) is 0 Å². The monoisotopic (exact) mass is 507 g/mol. The minimum absolute atomic E-state index is 0.00783. The third-order valence-corrected chi connectivity index (χ3v) is 7.79. The van der Waals surface area contributed by atoms with Gasteiger partial charge in [0.1, 0.15) is 11.6 Å². The number of hydrogen-bond acceptors (Lipinski definition) is 4. The highest BCUT2D eigenvalue weighted by atomic mass is 31.2. The van der Waals surface area contributed by atoms with Gasteiger partial charge in [0.25, 0.3) is 0 Å². The van der Waals surface area contributed by atoms with Crippen LogP contribution in [-0.2, 0) is 17.1 Å². The number of rotatable bonds is 5. The van der Waals surface area contributed by atoms with Gasteiger partial charge in [-0.3, -0.25) is 9.13 Å². The molecule has 5 rings (SSSR count). The number of aryl methyl sites for hydroxylation is 2. The molecule has 2 aromatic carbocycles. The molecular formula is C27H31FN5O2P. The number of nitrogens with zero attached hydrogens (tertiary/aromatic N) is 4. The summed E-state index contributed by atoms with van der Waals surface area (Å²) >= 11 is 0. The van der Waals surface area contributed by atoms with Gasteiger partial charge in [-0.05, 0) is 75.1 Å². The lowest BCUT2D eigenvalue weighted by molar-refractivity contribution is 0.536. The van der Waals surface area contributed by atoms with Gasteiger partial charge in [-0.15, -0.1) is 0 Å².